The molecule has 0 unspecified atom stereocenters. The van der Waals surface area contributed by atoms with E-state index in [2.05, 4.69) is 5.32 Å². The molecule has 1 heterocycles. The Morgan fingerprint density at radius 3 is 2.72 bits per heavy atom. The summed E-state index contributed by atoms with van der Waals surface area (Å²) in [4.78, 5) is 27.3. The van der Waals surface area contributed by atoms with Crippen molar-refractivity contribution in [1.29, 1.82) is 0 Å². The molecule has 0 spiro atoms. The fourth-order valence-corrected chi connectivity index (χ4v) is 3.99. The van der Waals surface area contributed by atoms with Crippen LogP contribution >= 0.6 is 0 Å². The standard InChI is InChI=1S/C24H26N2O3/c1-17-8-7-9-18(14-17)15-22-24(28)26(20-12-5-6-13-21(20)29-22)16-23(27)25-19-10-3-2-4-11-19/h5-9,12-15,19H,2-4,10-11,16H2,1H3,(H,25,27). The number of hydrogen-bond donors (Lipinski definition) is 1. The number of anilines is 1. The van der Waals surface area contributed by atoms with Crippen molar-refractivity contribution < 1.29 is 14.3 Å². The smallest absolute Gasteiger partial charge is 0.294 e. The fourth-order valence-electron chi connectivity index (χ4n) is 3.99. The lowest BCUT2D eigenvalue weighted by Gasteiger charge is -2.31. The van der Waals surface area contributed by atoms with Crippen LogP contribution in [0.25, 0.3) is 6.08 Å². The second kappa shape index (κ2) is 8.52. The van der Waals surface area contributed by atoms with Gasteiger partial charge >= 0.3 is 0 Å². The van der Waals surface area contributed by atoms with Crippen LogP contribution < -0.4 is 15.0 Å². The summed E-state index contributed by atoms with van der Waals surface area (Å²) < 4.78 is 5.89. The van der Waals surface area contributed by atoms with Gasteiger partial charge in [-0.2, -0.15) is 0 Å². The lowest BCUT2D eigenvalue weighted by atomic mass is 9.95. The third-order valence-corrected chi connectivity index (χ3v) is 5.44. The topological polar surface area (TPSA) is 58.6 Å². The highest BCUT2D eigenvalue weighted by molar-refractivity contribution is 6.12. The molecule has 1 aliphatic heterocycles. The van der Waals surface area contributed by atoms with Crippen molar-refractivity contribution in [3.63, 3.8) is 0 Å². The summed E-state index contributed by atoms with van der Waals surface area (Å²) in [7, 11) is 0. The van der Waals surface area contributed by atoms with Crippen LogP contribution in [0.1, 0.15) is 43.2 Å². The van der Waals surface area contributed by atoms with Crippen molar-refractivity contribution >= 4 is 23.6 Å². The molecule has 0 atom stereocenters. The molecule has 4 rings (SSSR count). The number of para-hydroxylation sites is 2. The Bertz CT molecular complexity index is 945. The number of rotatable bonds is 4. The predicted molar refractivity (Wildman–Crippen MR) is 114 cm³/mol. The maximum Gasteiger partial charge on any atom is 0.294 e. The number of amides is 2. The average Bonchev–Trinajstić information content (AvgIpc) is 2.72. The van der Waals surface area contributed by atoms with Crippen molar-refractivity contribution in [2.75, 3.05) is 11.4 Å². The Morgan fingerprint density at radius 1 is 1.14 bits per heavy atom. The molecule has 5 nitrogen and oxygen atoms in total. The minimum atomic E-state index is -0.302. The van der Waals surface area contributed by atoms with E-state index < -0.39 is 0 Å². The Kier molecular flexibility index (Phi) is 5.65. The minimum absolute atomic E-state index is 0.0130. The molecular weight excluding hydrogens is 364 g/mol. The highest BCUT2D eigenvalue weighted by Gasteiger charge is 2.32. The van der Waals surface area contributed by atoms with Crippen LogP contribution in [0.3, 0.4) is 0 Å². The van der Waals surface area contributed by atoms with Crippen LogP contribution in [0.4, 0.5) is 5.69 Å². The first-order chi connectivity index (χ1) is 14.1. The Balaban J connectivity index is 1.58. The van der Waals surface area contributed by atoms with Crippen molar-refractivity contribution in [2.45, 2.75) is 45.1 Å². The van der Waals surface area contributed by atoms with Crippen LogP contribution in [-0.2, 0) is 9.59 Å². The van der Waals surface area contributed by atoms with E-state index in [1.54, 1.807) is 6.08 Å². The average molecular weight is 390 g/mol. The molecule has 1 aliphatic carbocycles. The summed E-state index contributed by atoms with van der Waals surface area (Å²) in [5.74, 6) is 0.372. The Labute approximate surface area is 171 Å². The van der Waals surface area contributed by atoms with E-state index in [0.29, 0.717) is 11.4 Å². The molecule has 1 N–H and O–H groups in total. The highest BCUT2D eigenvalue weighted by atomic mass is 16.5. The first kappa shape index (κ1) is 19.2. The van der Waals surface area contributed by atoms with Crippen LogP contribution in [-0.4, -0.2) is 24.4 Å². The summed E-state index contributed by atoms with van der Waals surface area (Å²) in [6.45, 7) is 1.99. The van der Waals surface area contributed by atoms with Gasteiger partial charge in [-0.15, -0.1) is 0 Å². The van der Waals surface area contributed by atoms with E-state index >= 15 is 0 Å². The number of aryl methyl sites for hydroxylation is 1. The van der Waals surface area contributed by atoms with E-state index in [9.17, 15) is 9.59 Å². The minimum Gasteiger partial charge on any atom is -0.449 e. The Morgan fingerprint density at radius 2 is 1.93 bits per heavy atom. The van der Waals surface area contributed by atoms with Gasteiger partial charge < -0.3 is 10.1 Å². The molecule has 2 aromatic carbocycles. The van der Waals surface area contributed by atoms with Gasteiger partial charge in [-0.25, -0.2) is 0 Å². The lowest BCUT2D eigenvalue weighted by Crippen LogP contribution is -2.47. The van der Waals surface area contributed by atoms with E-state index in [-0.39, 0.29) is 30.2 Å². The SMILES string of the molecule is Cc1cccc(C=C2Oc3ccccc3N(CC(=O)NC3CCCCC3)C2=O)c1. The van der Waals surface area contributed by atoms with Gasteiger partial charge in [0.15, 0.2) is 11.5 Å². The van der Waals surface area contributed by atoms with E-state index in [4.69, 9.17) is 4.74 Å². The lowest BCUT2D eigenvalue weighted by molar-refractivity contribution is -0.124. The number of fused-ring (bicyclic) bond motifs is 1. The molecule has 29 heavy (non-hydrogen) atoms. The molecular formula is C24H26N2O3. The maximum absolute atomic E-state index is 13.2. The number of benzene rings is 2. The zero-order chi connectivity index (χ0) is 20.2. The van der Waals surface area contributed by atoms with Crippen molar-refractivity contribution in [1.82, 2.24) is 5.32 Å². The molecule has 0 aromatic heterocycles. The van der Waals surface area contributed by atoms with Gasteiger partial charge in [0, 0.05) is 6.04 Å². The van der Waals surface area contributed by atoms with Crippen LogP contribution in [0, 0.1) is 6.92 Å². The molecule has 2 amide bonds. The molecule has 1 fully saturated rings. The van der Waals surface area contributed by atoms with Crippen LogP contribution in [0.2, 0.25) is 0 Å². The number of hydrogen-bond acceptors (Lipinski definition) is 3. The van der Waals surface area contributed by atoms with Crippen molar-refractivity contribution in [3.05, 3.63) is 65.4 Å². The number of nitrogens with one attached hydrogen (secondary N) is 1. The van der Waals surface area contributed by atoms with E-state index in [0.717, 1.165) is 36.8 Å². The Hall–Kier alpha value is -3.08. The third kappa shape index (κ3) is 4.50. The predicted octanol–water partition coefficient (Wildman–Crippen LogP) is 4.21. The normalized spacial score (nSPS) is 18.3. The highest BCUT2D eigenvalue weighted by Crippen LogP contribution is 2.35. The summed E-state index contributed by atoms with van der Waals surface area (Å²) >= 11 is 0. The van der Waals surface area contributed by atoms with E-state index in [1.165, 1.54) is 11.3 Å². The zero-order valence-electron chi connectivity index (χ0n) is 16.7. The molecule has 5 heteroatoms. The molecule has 0 radical (unpaired) electrons. The first-order valence-electron chi connectivity index (χ1n) is 10.3. The van der Waals surface area contributed by atoms with Gasteiger partial charge in [0.1, 0.15) is 6.54 Å². The molecule has 0 bridgehead atoms. The third-order valence-electron chi connectivity index (χ3n) is 5.44. The van der Waals surface area contributed by atoms with Gasteiger partial charge in [0.05, 0.1) is 5.69 Å². The van der Waals surface area contributed by atoms with E-state index in [1.807, 2.05) is 55.5 Å². The summed E-state index contributed by atoms with van der Waals surface area (Å²) in [5.41, 5.74) is 2.61. The molecule has 150 valence electrons. The second-order valence-corrected chi connectivity index (χ2v) is 7.79. The van der Waals surface area contributed by atoms with Gasteiger partial charge in [0.25, 0.3) is 5.91 Å². The number of carbonyl (C=O) groups is 2. The second-order valence-electron chi connectivity index (χ2n) is 7.79. The number of nitrogens with zero attached hydrogens (tertiary/aromatic N) is 1. The summed E-state index contributed by atoms with van der Waals surface area (Å²) in [6.07, 6.45) is 7.28. The largest absolute Gasteiger partial charge is 0.449 e. The van der Waals surface area contributed by atoms with Gasteiger partial charge in [-0.3, -0.25) is 14.5 Å². The quantitative estimate of drug-likeness (QED) is 0.796. The summed E-state index contributed by atoms with van der Waals surface area (Å²) in [6, 6.07) is 15.4. The van der Waals surface area contributed by atoms with Gasteiger partial charge in [-0.1, -0.05) is 61.2 Å². The van der Waals surface area contributed by atoms with Gasteiger partial charge in [-0.05, 0) is 43.5 Å². The maximum atomic E-state index is 13.2. The van der Waals surface area contributed by atoms with Crippen LogP contribution in [0.15, 0.2) is 54.3 Å². The van der Waals surface area contributed by atoms with Crippen LogP contribution in [0.5, 0.6) is 5.75 Å². The number of carbonyl (C=O) groups excluding carboxylic acids is 2. The zero-order valence-corrected chi connectivity index (χ0v) is 16.7. The first-order valence-corrected chi connectivity index (χ1v) is 10.3. The monoisotopic (exact) mass is 390 g/mol. The summed E-state index contributed by atoms with van der Waals surface area (Å²) in [5, 5.41) is 3.10. The van der Waals surface area contributed by atoms with Gasteiger partial charge in [0.2, 0.25) is 5.91 Å². The van der Waals surface area contributed by atoms with Crippen molar-refractivity contribution in [3.8, 4) is 5.75 Å². The fraction of sp³-hybridized carbons (Fsp3) is 0.333. The van der Waals surface area contributed by atoms with Crippen molar-refractivity contribution in [2.24, 2.45) is 0 Å². The molecule has 2 aromatic rings. The molecule has 1 saturated carbocycles. The molecule has 2 aliphatic rings. The number of ether oxygens (including phenoxy) is 1. The molecule has 0 saturated heterocycles.